The van der Waals surface area contributed by atoms with Crippen molar-refractivity contribution in [3.63, 3.8) is 0 Å². The van der Waals surface area contributed by atoms with Gasteiger partial charge in [0, 0.05) is 12.1 Å². The zero-order valence-corrected chi connectivity index (χ0v) is 9.77. The maximum absolute atomic E-state index is 11.8. The Morgan fingerprint density at radius 1 is 1.59 bits per heavy atom. The predicted molar refractivity (Wildman–Crippen MR) is 64.7 cm³/mol. The summed E-state index contributed by atoms with van der Waals surface area (Å²) in [6.07, 6.45) is 0.778. The average Bonchev–Trinajstić information content (AvgIpc) is 2.28. The summed E-state index contributed by atoms with van der Waals surface area (Å²) >= 11 is 0. The van der Waals surface area contributed by atoms with Crippen molar-refractivity contribution >= 4 is 17.3 Å². The van der Waals surface area contributed by atoms with E-state index in [1.807, 2.05) is 13.8 Å². The first kappa shape index (κ1) is 13.0. The summed E-state index contributed by atoms with van der Waals surface area (Å²) in [5.74, 6) is -0.388. The molecule has 0 aliphatic rings. The van der Waals surface area contributed by atoms with E-state index >= 15 is 0 Å². The first-order chi connectivity index (χ1) is 7.97. The number of nitro groups is 1. The van der Waals surface area contributed by atoms with Crippen molar-refractivity contribution in [1.29, 1.82) is 0 Å². The number of nitrogens with one attached hydrogen (secondary N) is 1. The van der Waals surface area contributed by atoms with Gasteiger partial charge in [0.1, 0.15) is 5.69 Å². The number of benzene rings is 1. The highest BCUT2D eigenvalue weighted by Crippen LogP contribution is 2.24. The first-order valence-electron chi connectivity index (χ1n) is 5.31. The first-order valence-corrected chi connectivity index (χ1v) is 5.31. The van der Waals surface area contributed by atoms with Crippen molar-refractivity contribution < 1.29 is 9.72 Å². The van der Waals surface area contributed by atoms with Gasteiger partial charge < -0.3 is 11.1 Å². The van der Waals surface area contributed by atoms with E-state index in [1.54, 1.807) is 0 Å². The lowest BCUT2D eigenvalue weighted by molar-refractivity contribution is -0.383. The molecule has 0 saturated heterocycles. The van der Waals surface area contributed by atoms with Gasteiger partial charge in [-0.1, -0.05) is 13.0 Å². The lowest BCUT2D eigenvalue weighted by Gasteiger charge is -2.12. The molecular weight excluding hydrogens is 222 g/mol. The second-order valence-electron chi connectivity index (χ2n) is 3.78. The molecule has 1 rings (SSSR count). The van der Waals surface area contributed by atoms with Crippen LogP contribution in [0, 0.1) is 10.1 Å². The number of nitrogens with zero attached hydrogens (tertiary/aromatic N) is 1. The molecule has 1 amide bonds. The van der Waals surface area contributed by atoms with Crippen LogP contribution in [0.15, 0.2) is 18.2 Å². The SMILES string of the molecule is CCC(C)NC(=O)c1cccc([N+](=O)[O-])c1N. The highest BCUT2D eigenvalue weighted by Gasteiger charge is 2.19. The highest BCUT2D eigenvalue weighted by atomic mass is 16.6. The number of para-hydroxylation sites is 1. The second kappa shape index (κ2) is 5.29. The van der Waals surface area contributed by atoms with Gasteiger partial charge in [-0.05, 0) is 19.4 Å². The average molecular weight is 237 g/mol. The number of carbonyl (C=O) groups is 1. The van der Waals surface area contributed by atoms with E-state index in [0.717, 1.165) is 6.42 Å². The van der Waals surface area contributed by atoms with Crippen molar-refractivity contribution in [1.82, 2.24) is 5.32 Å². The highest BCUT2D eigenvalue weighted by molar-refractivity contribution is 6.01. The molecule has 0 spiro atoms. The maximum Gasteiger partial charge on any atom is 0.292 e. The zero-order chi connectivity index (χ0) is 13.0. The van der Waals surface area contributed by atoms with Crippen LogP contribution >= 0.6 is 0 Å². The fraction of sp³-hybridized carbons (Fsp3) is 0.364. The molecule has 0 heterocycles. The standard InChI is InChI=1S/C11H15N3O3/c1-3-7(2)13-11(15)8-5-4-6-9(10(8)12)14(16)17/h4-7H,3,12H2,1-2H3,(H,13,15). The van der Waals surface area contributed by atoms with Gasteiger partial charge >= 0.3 is 0 Å². The lowest BCUT2D eigenvalue weighted by atomic mass is 10.1. The van der Waals surface area contributed by atoms with E-state index in [4.69, 9.17) is 5.73 Å². The van der Waals surface area contributed by atoms with Gasteiger partial charge in [0.05, 0.1) is 10.5 Å². The normalized spacial score (nSPS) is 11.9. The largest absolute Gasteiger partial charge is 0.393 e. The third-order valence-corrected chi connectivity index (χ3v) is 2.51. The van der Waals surface area contributed by atoms with Gasteiger partial charge in [-0.25, -0.2) is 0 Å². The molecule has 0 saturated carbocycles. The number of hydrogen-bond donors (Lipinski definition) is 2. The van der Waals surface area contributed by atoms with Gasteiger partial charge in [-0.15, -0.1) is 0 Å². The number of carbonyl (C=O) groups excluding carboxylic acids is 1. The Bertz CT molecular complexity index is 446. The monoisotopic (exact) mass is 237 g/mol. The molecule has 1 aromatic carbocycles. The summed E-state index contributed by atoms with van der Waals surface area (Å²) in [5.41, 5.74) is 5.39. The van der Waals surface area contributed by atoms with Gasteiger partial charge in [-0.2, -0.15) is 0 Å². The fourth-order valence-electron chi connectivity index (χ4n) is 1.31. The van der Waals surface area contributed by atoms with Crippen LogP contribution in [0.4, 0.5) is 11.4 Å². The molecule has 0 aromatic heterocycles. The Hall–Kier alpha value is -2.11. The van der Waals surface area contributed by atoms with Crippen LogP contribution in [-0.2, 0) is 0 Å². The van der Waals surface area contributed by atoms with E-state index in [9.17, 15) is 14.9 Å². The van der Waals surface area contributed by atoms with E-state index in [-0.39, 0.29) is 28.9 Å². The number of anilines is 1. The van der Waals surface area contributed by atoms with Gasteiger partial charge in [0.2, 0.25) is 0 Å². The Morgan fingerprint density at radius 3 is 2.76 bits per heavy atom. The number of amides is 1. The van der Waals surface area contributed by atoms with Crippen LogP contribution < -0.4 is 11.1 Å². The summed E-state index contributed by atoms with van der Waals surface area (Å²) < 4.78 is 0. The van der Waals surface area contributed by atoms with Crippen molar-refractivity contribution in [2.45, 2.75) is 26.3 Å². The van der Waals surface area contributed by atoms with Crippen molar-refractivity contribution in [2.75, 3.05) is 5.73 Å². The Balaban J connectivity index is 3.02. The molecule has 1 unspecified atom stereocenters. The zero-order valence-electron chi connectivity index (χ0n) is 9.77. The van der Waals surface area contributed by atoms with E-state index in [0.29, 0.717) is 0 Å². The van der Waals surface area contributed by atoms with Gasteiger partial charge in [-0.3, -0.25) is 14.9 Å². The molecule has 0 aliphatic heterocycles. The molecule has 3 N–H and O–H groups in total. The van der Waals surface area contributed by atoms with Crippen LogP contribution in [0.3, 0.4) is 0 Å². The summed E-state index contributed by atoms with van der Waals surface area (Å²) in [5, 5.41) is 13.4. The minimum absolute atomic E-state index is 0.00108. The third kappa shape index (κ3) is 2.93. The summed E-state index contributed by atoms with van der Waals surface area (Å²) in [4.78, 5) is 21.9. The minimum Gasteiger partial charge on any atom is -0.393 e. The van der Waals surface area contributed by atoms with E-state index in [1.165, 1.54) is 18.2 Å². The molecule has 1 aromatic rings. The van der Waals surface area contributed by atoms with Crippen molar-refractivity contribution in [3.8, 4) is 0 Å². The topological polar surface area (TPSA) is 98.3 Å². The van der Waals surface area contributed by atoms with Gasteiger partial charge in [0.15, 0.2) is 0 Å². The lowest BCUT2D eigenvalue weighted by Crippen LogP contribution is -2.32. The number of hydrogen-bond acceptors (Lipinski definition) is 4. The molecule has 6 nitrogen and oxygen atoms in total. The van der Waals surface area contributed by atoms with Crippen LogP contribution in [0.2, 0.25) is 0 Å². The molecular formula is C11H15N3O3. The van der Waals surface area contributed by atoms with Crippen LogP contribution in [0.25, 0.3) is 0 Å². The second-order valence-corrected chi connectivity index (χ2v) is 3.78. The minimum atomic E-state index is -0.602. The molecule has 6 heteroatoms. The Morgan fingerprint density at radius 2 is 2.24 bits per heavy atom. The molecule has 17 heavy (non-hydrogen) atoms. The molecule has 92 valence electrons. The molecule has 0 radical (unpaired) electrons. The fourth-order valence-corrected chi connectivity index (χ4v) is 1.31. The van der Waals surface area contributed by atoms with E-state index in [2.05, 4.69) is 5.32 Å². The predicted octanol–water partition coefficient (Wildman–Crippen LogP) is 1.71. The number of nitrogen functional groups attached to an aromatic ring is 1. The molecule has 1 atom stereocenters. The quantitative estimate of drug-likeness (QED) is 0.473. The number of nitrogens with two attached hydrogens (primary N) is 1. The van der Waals surface area contributed by atoms with Crippen LogP contribution in [0.5, 0.6) is 0 Å². The third-order valence-electron chi connectivity index (χ3n) is 2.51. The molecule has 0 bridgehead atoms. The summed E-state index contributed by atoms with van der Waals surface area (Å²) in [6.45, 7) is 3.78. The van der Waals surface area contributed by atoms with Crippen molar-refractivity contribution in [3.05, 3.63) is 33.9 Å². The maximum atomic E-state index is 11.8. The van der Waals surface area contributed by atoms with Crippen LogP contribution in [0.1, 0.15) is 30.6 Å². The molecule has 0 aliphatic carbocycles. The summed E-state index contributed by atoms with van der Waals surface area (Å²) in [7, 11) is 0. The van der Waals surface area contributed by atoms with E-state index < -0.39 is 4.92 Å². The Kier molecular flexibility index (Phi) is 4.03. The smallest absolute Gasteiger partial charge is 0.292 e. The van der Waals surface area contributed by atoms with Gasteiger partial charge in [0.25, 0.3) is 11.6 Å². The van der Waals surface area contributed by atoms with Crippen LogP contribution in [-0.4, -0.2) is 16.9 Å². The van der Waals surface area contributed by atoms with Crippen molar-refractivity contribution in [2.24, 2.45) is 0 Å². The molecule has 0 fully saturated rings. The Labute approximate surface area is 99.0 Å². The number of rotatable bonds is 4. The summed E-state index contributed by atoms with van der Waals surface area (Å²) in [6, 6.07) is 4.19. The number of nitro benzene ring substituents is 1.